The van der Waals surface area contributed by atoms with E-state index in [1.807, 2.05) is 12.2 Å². The quantitative estimate of drug-likeness (QED) is 0.421. The monoisotopic (exact) mass is 563 g/mol. The van der Waals surface area contributed by atoms with Gasteiger partial charge < -0.3 is 20.9 Å². The minimum atomic E-state index is -4.55. The molecule has 0 radical (unpaired) electrons. The summed E-state index contributed by atoms with van der Waals surface area (Å²) in [6.45, 7) is 5.80. The van der Waals surface area contributed by atoms with Gasteiger partial charge in [0, 0.05) is 18.9 Å². The lowest BCUT2D eigenvalue weighted by atomic mass is 9.79. The van der Waals surface area contributed by atoms with E-state index in [0.717, 1.165) is 30.6 Å². The molecule has 3 heterocycles. The lowest BCUT2D eigenvalue weighted by molar-refractivity contribution is -0.150. The number of nitrogens with one attached hydrogen (secondary N) is 3. The molecule has 0 unspecified atom stereocenters. The summed E-state index contributed by atoms with van der Waals surface area (Å²) in [7, 11) is 0. The highest BCUT2D eigenvalue weighted by Crippen LogP contribution is 2.33. The zero-order chi connectivity index (χ0) is 29.0. The zero-order valence-corrected chi connectivity index (χ0v) is 22.9. The van der Waals surface area contributed by atoms with Gasteiger partial charge in [-0.15, -0.1) is 0 Å². The molecular formula is C27H36F3N7O3. The van der Waals surface area contributed by atoms with Gasteiger partial charge in [-0.05, 0) is 61.8 Å². The Bertz CT molecular complexity index is 1210. The second kappa shape index (κ2) is 12.3. The molecule has 218 valence electrons. The van der Waals surface area contributed by atoms with Crippen LogP contribution in [0.4, 0.5) is 23.8 Å². The lowest BCUT2D eigenvalue weighted by Gasteiger charge is -2.32. The number of halogens is 3. The van der Waals surface area contributed by atoms with Crippen LogP contribution in [0.1, 0.15) is 75.0 Å². The molecule has 3 N–H and O–H groups in total. The molecule has 40 heavy (non-hydrogen) atoms. The molecule has 3 atom stereocenters. The SMILES string of the molecule is CC[C@H](c1ccnc(NC(=O)[C@@H](NC(=O)c2ccnn2CC)C2CCC(C)CC2)c1)N1C[C@@H](C(F)(F)F)NC1=O. The molecule has 0 bridgehead atoms. The third-order valence-corrected chi connectivity index (χ3v) is 7.87. The molecule has 2 aromatic rings. The first-order valence-electron chi connectivity index (χ1n) is 13.7. The Balaban J connectivity index is 1.52. The molecule has 2 fully saturated rings. The Hall–Kier alpha value is -3.64. The van der Waals surface area contributed by atoms with Gasteiger partial charge in [-0.25, -0.2) is 9.78 Å². The van der Waals surface area contributed by atoms with Gasteiger partial charge in [-0.1, -0.05) is 26.7 Å². The van der Waals surface area contributed by atoms with Gasteiger partial charge in [0.15, 0.2) is 0 Å². The summed E-state index contributed by atoms with van der Waals surface area (Å²) in [5.74, 6) is -0.164. The Morgan fingerprint density at radius 3 is 2.50 bits per heavy atom. The van der Waals surface area contributed by atoms with Crippen LogP contribution in [0.15, 0.2) is 30.6 Å². The van der Waals surface area contributed by atoms with E-state index in [4.69, 9.17) is 0 Å². The highest BCUT2D eigenvalue weighted by Gasteiger charge is 2.48. The van der Waals surface area contributed by atoms with Gasteiger partial charge in [0.05, 0.1) is 12.6 Å². The second-order valence-corrected chi connectivity index (χ2v) is 10.6. The summed E-state index contributed by atoms with van der Waals surface area (Å²) in [6, 6.07) is 0.587. The third-order valence-electron chi connectivity index (χ3n) is 7.87. The molecule has 2 aliphatic rings. The minimum Gasteiger partial charge on any atom is -0.339 e. The number of nitrogens with zero attached hydrogens (tertiary/aromatic N) is 4. The highest BCUT2D eigenvalue weighted by atomic mass is 19.4. The first-order chi connectivity index (χ1) is 19.0. The van der Waals surface area contributed by atoms with E-state index in [1.54, 1.807) is 29.8 Å². The summed E-state index contributed by atoms with van der Waals surface area (Å²) < 4.78 is 41.2. The number of carbonyl (C=O) groups excluding carboxylic acids is 3. The predicted molar refractivity (Wildman–Crippen MR) is 141 cm³/mol. The van der Waals surface area contributed by atoms with E-state index in [2.05, 4.69) is 27.6 Å². The molecule has 2 aromatic heterocycles. The highest BCUT2D eigenvalue weighted by molar-refractivity contribution is 6.00. The van der Waals surface area contributed by atoms with Crippen molar-refractivity contribution in [2.75, 3.05) is 11.9 Å². The van der Waals surface area contributed by atoms with Crippen molar-refractivity contribution in [1.29, 1.82) is 0 Å². The third kappa shape index (κ3) is 6.56. The topological polar surface area (TPSA) is 121 Å². The standard InChI is InChI=1S/C27H36F3N7O3/c1-4-19(36-15-21(27(28,29)30)33-26(36)40)18-10-12-31-22(14-18)34-25(39)23(17-8-6-16(3)7-9-17)35-24(38)20-11-13-32-37(20)5-2/h10-14,16-17,19,21,23H,4-9,15H2,1-3H3,(H,33,40)(H,35,38)(H,31,34,39)/t16?,17?,19-,21+,23+/m1/s1. The minimum absolute atomic E-state index is 0.0719. The average Bonchev–Trinajstić information content (AvgIpc) is 3.55. The van der Waals surface area contributed by atoms with Gasteiger partial charge in [0.2, 0.25) is 5.91 Å². The van der Waals surface area contributed by atoms with E-state index in [0.29, 0.717) is 30.1 Å². The summed E-state index contributed by atoms with van der Waals surface area (Å²) >= 11 is 0. The summed E-state index contributed by atoms with van der Waals surface area (Å²) in [5, 5.41) is 11.8. The van der Waals surface area contributed by atoms with Crippen molar-refractivity contribution in [3.8, 4) is 0 Å². The molecule has 4 rings (SSSR count). The number of carbonyl (C=O) groups is 3. The summed E-state index contributed by atoms with van der Waals surface area (Å²) in [6.07, 6.45) is 2.24. The number of urea groups is 1. The summed E-state index contributed by atoms with van der Waals surface area (Å²) in [5.41, 5.74) is 0.904. The zero-order valence-electron chi connectivity index (χ0n) is 22.9. The number of pyridine rings is 1. The first kappa shape index (κ1) is 29.3. The fourth-order valence-electron chi connectivity index (χ4n) is 5.58. The Morgan fingerprint density at radius 1 is 1.15 bits per heavy atom. The molecule has 1 saturated carbocycles. The van der Waals surface area contributed by atoms with Crippen molar-refractivity contribution in [2.24, 2.45) is 11.8 Å². The smallest absolute Gasteiger partial charge is 0.339 e. The van der Waals surface area contributed by atoms with Crippen LogP contribution in [0.5, 0.6) is 0 Å². The number of rotatable bonds is 9. The van der Waals surface area contributed by atoms with Gasteiger partial charge in [0.1, 0.15) is 23.6 Å². The maximum atomic E-state index is 13.6. The maximum absolute atomic E-state index is 13.6. The van der Waals surface area contributed by atoms with Gasteiger partial charge in [0.25, 0.3) is 5.91 Å². The van der Waals surface area contributed by atoms with Crippen LogP contribution >= 0.6 is 0 Å². The van der Waals surface area contributed by atoms with Crippen molar-refractivity contribution < 1.29 is 27.6 Å². The van der Waals surface area contributed by atoms with E-state index in [9.17, 15) is 27.6 Å². The van der Waals surface area contributed by atoms with Gasteiger partial charge >= 0.3 is 12.2 Å². The Kier molecular flexibility index (Phi) is 8.99. The number of aryl methyl sites for hydroxylation is 1. The normalized spacial score (nSPS) is 22.9. The number of alkyl halides is 3. The van der Waals surface area contributed by atoms with Crippen LogP contribution in [0, 0.1) is 11.8 Å². The Morgan fingerprint density at radius 2 is 1.88 bits per heavy atom. The van der Waals surface area contributed by atoms with Crippen LogP contribution < -0.4 is 16.0 Å². The lowest BCUT2D eigenvalue weighted by Crippen LogP contribution is -2.49. The summed E-state index contributed by atoms with van der Waals surface area (Å²) in [4.78, 5) is 44.5. The van der Waals surface area contributed by atoms with Crippen LogP contribution in [0.25, 0.3) is 0 Å². The second-order valence-electron chi connectivity index (χ2n) is 10.6. The largest absolute Gasteiger partial charge is 0.410 e. The number of amides is 4. The van der Waals surface area contributed by atoms with E-state index < -0.39 is 48.7 Å². The molecule has 13 heteroatoms. The molecule has 4 amide bonds. The molecule has 1 aliphatic heterocycles. The fourth-order valence-corrected chi connectivity index (χ4v) is 5.58. The molecule has 1 aliphatic carbocycles. The van der Waals surface area contributed by atoms with E-state index in [-0.39, 0.29) is 11.7 Å². The average molecular weight is 564 g/mol. The van der Waals surface area contributed by atoms with Crippen molar-refractivity contribution >= 4 is 23.7 Å². The maximum Gasteiger partial charge on any atom is 0.410 e. The number of aromatic nitrogens is 3. The van der Waals surface area contributed by atoms with E-state index >= 15 is 0 Å². The van der Waals surface area contributed by atoms with Crippen LogP contribution in [-0.4, -0.2) is 62.3 Å². The molecule has 0 spiro atoms. The molecule has 0 aromatic carbocycles. The number of hydrogen-bond donors (Lipinski definition) is 3. The van der Waals surface area contributed by atoms with Gasteiger partial charge in [-0.2, -0.15) is 18.3 Å². The molecular weight excluding hydrogens is 527 g/mol. The fraction of sp³-hybridized carbons (Fsp3) is 0.593. The first-order valence-corrected chi connectivity index (χ1v) is 13.7. The van der Waals surface area contributed by atoms with Crippen LogP contribution in [0.2, 0.25) is 0 Å². The van der Waals surface area contributed by atoms with Crippen molar-refractivity contribution in [3.63, 3.8) is 0 Å². The van der Waals surface area contributed by atoms with Crippen molar-refractivity contribution in [1.82, 2.24) is 30.3 Å². The van der Waals surface area contributed by atoms with Crippen LogP contribution in [0.3, 0.4) is 0 Å². The molecule has 10 nitrogen and oxygen atoms in total. The van der Waals surface area contributed by atoms with Crippen molar-refractivity contribution in [3.05, 3.63) is 41.9 Å². The molecule has 1 saturated heterocycles. The number of anilines is 1. The van der Waals surface area contributed by atoms with E-state index in [1.165, 1.54) is 12.4 Å². The van der Waals surface area contributed by atoms with Crippen molar-refractivity contribution in [2.45, 2.75) is 83.7 Å². The predicted octanol–water partition coefficient (Wildman–Crippen LogP) is 4.27. The Labute approximate surface area is 231 Å². The van der Waals surface area contributed by atoms with Gasteiger partial charge in [-0.3, -0.25) is 14.3 Å². The number of hydrogen-bond acceptors (Lipinski definition) is 5. The van der Waals surface area contributed by atoms with Crippen LogP contribution in [-0.2, 0) is 11.3 Å².